The number of nitrogens with zero attached hydrogens (tertiary/aromatic N) is 1. The highest BCUT2D eigenvalue weighted by molar-refractivity contribution is 5.77. The largest absolute Gasteiger partial charge is 0.416 e. The maximum Gasteiger partial charge on any atom is 0.416 e. The number of benzene rings is 1. The maximum atomic E-state index is 13.0. The Labute approximate surface area is 154 Å². The van der Waals surface area contributed by atoms with E-state index in [1.165, 1.54) is 12.1 Å². The minimum atomic E-state index is -4.44. The van der Waals surface area contributed by atoms with E-state index in [-0.39, 0.29) is 5.69 Å². The number of carbonyl (C=O) groups is 1. The highest BCUT2D eigenvalue weighted by Crippen LogP contribution is 2.34. The van der Waals surface area contributed by atoms with Crippen molar-refractivity contribution < 1.29 is 18.0 Å². The summed E-state index contributed by atoms with van der Waals surface area (Å²) in [5, 5.41) is 5.87. The summed E-state index contributed by atoms with van der Waals surface area (Å²) in [6.45, 7) is 0.503. The van der Waals surface area contributed by atoms with Gasteiger partial charge in [0.1, 0.15) is 18.1 Å². The van der Waals surface area contributed by atoms with Crippen LogP contribution in [0.3, 0.4) is 0 Å². The fourth-order valence-corrected chi connectivity index (χ4v) is 2.94. The van der Waals surface area contributed by atoms with Crippen molar-refractivity contribution in [3.8, 4) is 0 Å². The van der Waals surface area contributed by atoms with E-state index in [0.717, 1.165) is 36.1 Å². The number of alkyl halides is 3. The second-order valence-corrected chi connectivity index (χ2v) is 6.17. The topological polar surface area (TPSA) is 80.0 Å². The molecule has 2 aromatic rings. The van der Waals surface area contributed by atoms with Crippen LogP contribution in [-0.4, -0.2) is 17.8 Å². The van der Waals surface area contributed by atoms with Gasteiger partial charge in [0.25, 0.3) is 0 Å². The Kier molecular flexibility index (Phi) is 5.46. The second-order valence-electron chi connectivity index (χ2n) is 6.17. The molecule has 1 aromatic heterocycles. The van der Waals surface area contributed by atoms with Crippen molar-refractivity contribution in [3.63, 3.8) is 0 Å². The summed E-state index contributed by atoms with van der Waals surface area (Å²) < 4.78 is 38.9. The molecule has 0 amide bonds. The summed E-state index contributed by atoms with van der Waals surface area (Å²) in [7, 11) is 0. The van der Waals surface area contributed by atoms with E-state index in [9.17, 15) is 18.0 Å². The van der Waals surface area contributed by atoms with Crippen LogP contribution in [0.15, 0.2) is 36.5 Å². The maximum absolute atomic E-state index is 13.0. The fraction of sp³-hybridized carbons (Fsp3) is 0.263. The lowest BCUT2D eigenvalue weighted by molar-refractivity contribution is -0.137. The van der Waals surface area contributed by atoms with Gasteiger partial charge in [0, 0.05) is 16.9 Å². The Balaban J connectivity index is 2.03. The average Bonchev–Trinajstić information content (AvgIpc) is 2.65. The summed E-state index contributed by atoms with van der Waals surface area (Å²) in [5.74, 6) is 0.354. The molecule has 8 heteroatoms. The molecule has 0 saturated heterocycles. The first-order chi connectivity index (χ1) is 12.9. The monoisotopic (exact) mass is 376 g/mol. The predicted octanol–water partition coefficient (Wildman–Crippen LogP) is 3.55. The van der Waals surface area contributed by atoms with Crippen molar-refractivity contribution in [2.45, 2.75) is 25.1 Å². The number of fused-ring (bicyclic) bond motifs is 1. The van der Waals surface area contributed by atoms with Gasteiger partial charge in [-0.15, -0.1) is 0 Å². The number of aryl methyl sites for hydroxylation is 1. The Morgan fingerprint density at radius 1 is 1.30 bits per heavy atom. The van der Waals surface area contributed by atoms with Gasteiger partial charge in [-0.1, -0.05) is 6.07 Å². The van der Waals surface area contributed by atoms with E-state index in [1.54, 1.807) is 12.3 Å². The first-order valence-electron chi connectivity index (χ1n) is 8.48. The van der Waals surface area contributed by atoms with Crippen molar-refractivity contribution in [1.29, 1.82) is 0 Å². The number of aldehydes is 1. The normalized spacial score (nSPS) is 15.8. The lowest BCUT2D eigenvalue weighted by atomic mass is 9.97. The van der Waals surface area contributed by atoms with Gasteiger partial charge < -0.3 is 21.2 Å². The molecule has 3 rings (SSSR count). The molecule has 1 unspecified atom stereocenters. The van der Waals surface area contributed by atoms with E-state index in [1.807, 2.05) is 6.07 Å². The number of nitrogens with two attached hydrogens (primary N) is 1. The van der Waals surface area contributed by atoms with E-state index in [4.69, 9.17) is 5.73 Å². The van der Waals surface area contributed by atoms with Crippen LogP contribution >= 0.6 is 0 Å². The van der Waals surface area contributed by atoms with Crippen molar-refractivity contribution in [1.82, 2.24) is 10.3 Å². The highest BCUT2D eigenvalue weighted by atomic mass is 19.4. The zero-order chi connectivity index (χ0) is 19.4. The van der Waals surface area contributed by atoms with Crippen LogP contribution in [-0.2, 0) is 17.4 Å². The number of carbonyl (C=O) groups excluding carboxylic acids is 1. The summed E-state index contributed by atoms with van der Waals surface area (Å²) in [6, 6.07) is 6.11. The number of aromatic nitrogens is 1. The zero-order valence-corrected chi connectivity index (χ0v) is 14.4. The van der Waals surface area contributed by atoms with Crippen molar-refractivity contribution in [2.75, 3.05) is 11.9 Å². The molecular weight excluding hydrogens is 357 g/mol. The number of rotatable bonds is 6. The predicted molar refractivity (Wildman–Crippen MR) is 97.3 cm³/mol. The molecule has 142 valence electrons. The van der Waals surface area contributed by atoms with Crippen molar-refractivity contribution >= 4 is 23.9 Å². The first kappa shape index (κ1) is 18.9. The van der Waals surface area contributed by atoms with Gasteiger partial charge in [-0.2, -0.15) is 13.2 Å². The SMILES string of the molecule is NCCCc1cc2c(c(Nc3cccc(C(F)(F)F)c3)n1)C(C=O)NC=C2. The molecule has 1 aliphatic rings. The lowest BCUT2D eigenvalue weighted by Crippen LogP contribution is -2.23. The second kappa shape index (κ2) is 7.79. The number of hydrogen-bond acceptors (Lipinski definition) is 5. The molecular formula is C19H19F3N4O. The molecule has 1 atom stereocenters. The van der Waals surface area contributed by atoms with Crippen LogP contribution in [0.5, 0.6) is 0 Å². The third-order valence-electron chi connectivity index (χ3n) is 4.22. The van der Waals surface area contributed by atoms with Crippen LogP contribution in [0.4, 0.5) is 24.7 Å². The zero-order valence-electron chi connectivity index (χ0n) is 14.4. The number of hydrogen-bond donors (Lipinski definition) is 3. The molecule has 2 heterocycles. The molecule has 4 N–H and O–H groups in total. The summed E-state index contributed by atoms with van der Waals surface area (Å²) in [4.78, 5) is 16.0. The van der Waals surface area contributed by atoms with E-state index >= 15 is 0 Å². The van der Waals surface area contributed by atoms with Gasteiger partial charge in [-0.3, -0.25) is 0 Å². The molecule has 0 saturated carbocycles. The average molecular weight is 376 g/mol. The number of nitrogens with one attached hydrogen (secondary N) is 2. The van der Waals surface area contributed by atoms with E-state index in [2.05, 4.69) is 15.6 Å². The molecule has 0 bridgehead atoms. The standard InChI is InChI=1S/C19H19F3N4O/c20-19(21,22)13-3-1-4-15(10-13)26-18-17-12(6-8-24-16(17)11-27)9-14(25-18)5-2-7-23/h1,3-4,6,8-11,16,24H,2,5,7,23H2,(H,25,26). The van der Waals surface area contributed by atoms with E-state index < -0.39 is 17.8 Å². The van der Waals surface area contributed by atoms with Gasteiger partial charge in [0.15, 0.2) is 0 Å². The van der Waals surface area contributed by atoms with Gasteiger partial charge in [0.2, 0.25) is 0 Å². The van der Waals surface area contributed by atoms with Crippen molar-refractivity contribution in [3.05, 3.63) is 58.9 Å². The molecule has 0 fully saturated rings. The fourth-order valence-electron chi connectivity index (χ4n) is 2.94. The van der Waals surface area contributed by atoms with Crippen LogP contribution in [0.2, 0.25) is 0 Å². The smallest absolute Gasteiger partial charge is 0.378 e. The molecule has 1 aliphatic heterocycles. The molecule has 0 radical (unpaired) electrons. The van der Waals surface area contributed by atoms with Gasteiger partial charge >= 0.3 is 6.18 Å². The molecule has 0 spiro atoms. The van der Waals surface area contributed by atoms with Gasteiger partial charge in [-0.25, -0.2) is 4.98 Å². The molecule has 0 aliphatic carbocycles. The Hall–Kier alpha value is -2.87. The minimum Gasteiger partial charge on any atom is -0.378 e. The molecule has 5 nitrogen and oxygen atoms in total. The summed E-state index contributed by atoms with van der Waals surface area (Å²) in [6.07, 6.45) is 1.13. The quantitative estimate of drug-likeness (QED) is 0.672. The lowest BCUT2D eigenvalue weighted by Gasteiger charge is -2.23. The molecule has 27 heavy (non-hydrogen) atoms. The van der Waals surface area contributed by atoms with Crippen LogP contribution in [0, 0.1) is 0 Å². The van der Waals surface area contributed by atoms with Crippen molar-refractivity contribution in [2.24, 2.45) is 5.73 Å². The highest BCUT2D eigenvalue weighted by Gasteiger charge is 2.30. The minimum absolute atomic E-state index is 0.245. The summed E-state index contributed by atoms with van der Waals surface area (Å²) >= 11 is 0. The van der Waals surface area contributed by atoms with E-state index in [0.29, 0.717) is 24.3 Å². The van der Waals surface area contributed by atoms with Crippen LogP contribution in [0.1, 0.15) is 34.8 Å². The number of anilines is 2. The number of pyridine rings is 1. The first-order valence-corrected chi connectivity index (χ1v) is 8.48. The van der Waals surface area contributed by atoms with Gasteiger partial charge in [0.05, 0.1) is 5.56 Å². The van der Waals surface area contributed by atoms with Crippen LogP contribution in [0.25, 0.3) is 6.08 Å². The van der Waals surface area contributed by atoms with Crippen LogP contribution < -0.4 is 16.4 Å². The third kappa shape index (κ3) is 4.28. The summed E-state index contributed by atoms with van der Waals surface area (Å²) in [5.41, 5.74) is 7.19. The Morgan fingerprint density at radius 3 is 2.81 bits per heavy atom. The number of halogens is 3. The molecule has 1 aromatic carbocycles. The third-order valence-corrected chi connectivity index (χ3v) is 4.22. The Bertz CT molecular complexity index is 865. The van der Waals surface area contributed by atoms with Gasteiger partial charge in [-0.05, 0) is 61.5 Å². The Morgan fingerprint density at radius 2 is 2.11 bits per heavy atom.